The van der Waals surface area contributed by atoms with Gasteiger partial charge in [0.25, 0.3) is 5.91 Å². The van der Waals surface area contributed by atoms with Gasteiger partial charge in [-0.05, 0) is 155 Å². The highest BCUT2D eigenvalue weighted by Crippen LogP contribution is 2.36. The van der Waals surface area contributed by atoms with Gasteiger partial charge in [-0.3, -0.25) is 4.79 Å². The fourth-order valence-electron chi connectivity index (χ4n) is 9.62. The molecule has 5 rings (SSSR count). The van der Waals surface area contributed by atoms with Crippen molar-refractivity contribution in [1.29, 1.82) is 0 Å². The number of carbonyl (C=O) groups excluding carboxylic acids is 6. The van der Waals surface area contributed by atoms with Crippen LogP contribution in [0.15, 0.2) is 11.8 Å². The predicted octanol–water partition coefficient (Wildman–Crippen LogP) is 3.00. The Bertz CT molecular complexity index is 2180. The highest BCUT2D eigenvalue weighted by Gasteiger charge is 2.57. The van der Waals surface area contributed by atoms with Crippen LogP contribution in [0.25, 0.3) is 0 Å². The number of amides is 6. The fraction of sp³-hybridized carbons (Fsp3) is 0.849. The maximum absolute atomic E-state index is 14.2. The number of hydrogen-bond acceptors (Lipinski definition) is 20. The number of nitrogens with zero attached hydrogens (tertiary/aromatic N) is 2. The summed E-state index contributed by atoms with van der Waals surface area (Å²) in [5.41, 5.74) is -8.45. The first-order valence-electron chi connectivity index (χ1n) is 27.0. The van der Waals surface area contributed by atoms with E-state index < -0.39 is 156 Å². The third-order valence-corrected chi connectivity index (χ3v) is 13.0. The number of rotatable bonds is 14. The van der Waals surface area contributed by atoms with Crippen molar-refractivity contribution in [3.8, 4) is 0 Å². The van der Waals surface area contributed by atoms with E-state index >= 15 is 0 Å². The zero-order valence-electron chi connectivity index (χ0n) is 49.2. The summed E-state index contributed by atoms with van der Waals surface area (Å²) < 4.78 is 53.1. The molecule has 9 N–H and O–H groups in total. The SMILES string of the molecule is CN(C(=O)OC(C)(C)C)[C@@H]1[C@@H](O)[C@@H](O[C@@H]2[C@@H](O)[C@H](O[C@H]3OC(CNC[C@H]4C[C@H](NC(=O)OC(C)(C)C)C4)=CC[C@H]3NC(=O)OC(C)(C)C)[C@@H](NC(=O)OC(C)(C)C)C[C@H]2NC(=O)C2(O)CN(C(=O)OC(C)(C)C)C2)OC[C@]1(C)O. The van der Waals surface area contributed by atoms with E-state index in [-0.39, 0.29) is 31.3 Å². The smallest absolute Gasteiger partial charge is 0.410 e. The lowest BCUT2D eigenvalue weighted by molar-refractivity contribution is -0.311. The van der Waals surface area contributed by atoms with Gasteiger partial charge in [0.05, 0.1) is 50.4 Å². The highest BCUT2D eigenvalue weighted by atomic mass is 16.7. The Labute approximate surface area is 463 Å². The molecule has 0 unspecified atom stereocenters. The summed E-state index contributed by atoms with van der Waals surface area (Å²) in [6.07, 6.45) is -11.1. The van der Waals surface area contributed by atoms with Crippen LogP contribution in [0.1, 0.15) is 136 Å². The van der Waals surface area contributed by atoms with E-state index in [9.17, 15) is 49.2 Å². The number of ether oxygens (including phenoxy) is 9. The molecule has 26 heteroatoms. The van der Waals surface area contributed by atoms with Gasteiger partial charge in [-0.25, -0.2) is 24.0 Å². The van der Waals surface area contributed by atoms with Crippen LogP contribution in [-0.2, 0) is 47.4 Å². The normalized spacial score (nSPS) is 31.1. The van der Waals surface area contributed by atoms with E-state index in [4.69, 9.17) is 42.6 Å². The van der Waals surface area contributed by atoms with Gasteiger partial charge >= 0.3 is 30.5 Å². The first-order valence-corrected chi connectivity index (χ1v) is 27.0. The number of nitrogens with one attached hydrogen (secondary N) is 5. The van der Waals surface area contributed by atoms with Gasteiger partial charge in [0, 0.05) is 13.1 Å². The molecule has 79 heavy (non-hydrogen) atoms. The van der Waals surface area contributed by atoms with E-state index in [1.807, 2.05) is 0 Å². The predicted molar refractivity (Wildman–Crippen MR) is 282 cm³/mol. The molecule has 4 fully saturated rings. The zero-order chi connectivity index (χ0) is 59.6. The van der Waals surface area contributed by atoms with E-state index in [1.54, 1.807) is 110 Å². The lowest BCUT2D eigenvalue weighted by Crippen LogP contribution is -2.74. The zero-order valence-corrected chi connectivity index (χ0v) is 49.2. The van der Waals surface area contributed by atoms with Crippen LogP contribution >= 0.6 is 0 Å². The first-order chi connectivity index (χ1) is 36.0. The minimum Gasteiger partial charge on any atom is -0.466 e. The maximum atomic E-state index is 14.2. The van der Waals surface area contributed by atoms with E-state index in [0.29, 0.717) is 25.1 Å². The quantitative estimate of drug-likeness (QED) is 0.113. The second kappa shape index (κ2) is 24.6. The summed E-state index contributed by atoms with van der Waals surface area (Å²) in [5, 5.41) is 62.5. The lowest BCUT2D eigenvalue weighted by atomic mass is 9.80. The van der Waals surface area contributed by atoms with Crippen molar-refractivity contribution in [2.45, 2.75) is 243 Å². The molecule has 3 heterocycles. The number of β-amino-alcohol motifs (C(OH)–C–C–N with tert-alkyl or cyclic N) is 1. The molecular weight excluding hydrogens is 1040 g/mol. The molecule has 2 aliphatic carbocycles. The molecule has 0 aromatic heterocycles. The van der Waals surface area contributed by atoms with Gasteiger partial charge in [0.2, 0.25) is 6.29 Å². The number of likely N-dealkylation sites (N-methyl/N-ethyl adjacent to an activating group) is 1. The fourth-order valence-corrected chi connectivity index (χ4v) is 9.62. The van der Waals surface area contributed by atoms with Crippen LogP contribution in [-0.4, -0.2) is 213 Å². The van der Waals surface area contributed by atoms with Gasteiger partial charge in [-0.15, -0.1) is 0 Å². The maximum Gasteiger partial charge on any atom is 0.410 e. The van der Waals surface area contributed by atoms with Crippen LogP contribution in [0.3, 0.4) is 0 Å². The summed E-state index contributed by atoms with van der Waals surface area (Å²) >= 11 is 0. The van der Waals surface area contributed by atoms with Crippen LogP contribution in [0.2, 0.25) is 0 Å². The van der Waals surface area contributed by atoms with Gasteiger partial charge in [-0.2, -0.15) is 0 Å². The molecule has 0 aromatic carbocycles. The van der Waals surface area contributed by atoms with Crippen molar-refractivity contribution in [3.63, 3.8) is 0 Å². The second-order valence-corrected chi connectivity index (χ2v) is 26.6. The Morgan fingerprint density at radius 3 is 1.66 bits per heavy atom. The molecule has 0 radical (unpaired) electrons. The summed E-state index contributed by atoms with van der Waals surface area (Å²) in [4.78, 5) is 82.1. The van der Waals surface area contributed by atoms with Crippen molar-refractivity contribution in [2.75, 3.05) is 39.8 Å². The molecule has 2 saturated heterocycles. The summed E-state index contributed by atoms with van der Waals surface area (Å²) in [7, 11) is 1.31. The molecule has 11 atom stereocenters. The molecular formula is C53H91N7O19. The minimum atomic E-state index is -2.17. The Balaban J connectivity index is 1.47. The molecule has 0 spiro atoms. The van der Waals surface area contributed by atoms with Crippen molar-refractivity contribution < 1.29 is 91.8 Å². The number of carbonyl (C=O) groups is 6. The third-order valence-electron chi connectivity index (χ3n) is 13.0. The lowest BCUT2D eigenvalue weighted by Gasteiger charge is -2.51. The number of aliphatic hydroxyl groups excluding tert-OH is 2. The Morgan fingerprint density at radius 2 is 1.14 bits per heavy atom. The van der Waals surface area contributed by atoms with Crippen molar-refractivity contribution >= 4 is 36.4 Å². The second-order valence-electron chi connectivity index (χ2n) is 26.6. The van der Waals surface area contributed by atoms with Crippen LogP contribution < -0.4 is 26.6 Å². The van der Waals surface area contributed by atoms with Crippen LogP contribution in [0.5, 0.6) is 0 Å². The number of alkyl carbamates (subject to hydrolysis) is 3. The third kappa shape index (κ3) is 19.1. The molecule has 452 valence electrons. The van der Waals surface area contributed by atoms with Crippen LogP contribution in [0, 0.1) is 5.92 Å². The highest BCUT2D eigenvalue weighted by molar-refractivity contribution is 5.89. The summed E-state index contributed by atoms with van der Waals surface area (Å²) in [5.74, 6) is -0.379. The summed E-state index contributed by atoms with van der Waals surface area (Å²) in [6.45, 7) is 25.9. The monoisotopic (exact) mass is 1130 g/mol. The van der Waals surface area contributed by atoms with Crippen molar-refractivity contribution in [3.05, 3.63) is 11.8 Å². The van der Waals surface area contributed by atoms with Crippen molar-refractivity contribution in [2.24, 2.45) is 5.92 Å². The molecule has 3 aliphatic heterocycles. The average molecular weight is 1130 g/mol. The molecule has 5 aliphatic rings. The minimum absolute atomic E-state index is 0.0468. The van der Waals surface area contributed by atoms with Crippen LogP contribution in [0.4, 0.5) is 24.0 Å². The van der Waals surface area contributed by atoms with E-state index in [0.717, 1.165) is 9.80 Å². The Morgan fingerprint density at radius 1 is 0.658 bits per heavy atom. The number of aliphatic hydroxyl groups is 4. The Hall–Kier alpha value is -4.96. The molecule has 0 bridgehead atoms. The topological polar surface area (TPSA) is 333 Å². The molecule has 6 amide bonds. The average Bonchev–Trinajstić information content (AvgIpc) is 3.22. The molecule has 2 saturated carbocycles. The first kappa shape index (κ1) is 64.9. The Kier molecular flexibility index (Phi) is 20.2. The van der Waals surface area contributed by atoms with Gasteiger partial charge in [0.1, 0.15) is 63.8 Å². The molecule has 0 aromatic rings. The van der Waals surface area contributed by atoms with Crippen molar-refractivity contribution in [1.82, 2.24) is 36.4 Å². The number of hydrogen-bond donors (Lipinski definition) is 9. The van der Waals surface area contributed by atoms with E-state index in [2.05, 4.69) is 26.6 Å². The van der Waals surface area contributed by atoms with Gasteiger partial charge in [0.15, 0.2) is 11.9 Å². The van der Waals surface area contributed by atoms with Gasteiger partial charge in [-0.1, -0.05) is 0 Å². The molecule has 26 nitrogen and oxygen atoms in total. The number of likely N-dealkylation sites (tertiary alicyclic amines) is 1. The standard InChI is InChI=1S/C53H91N7O19/c1-47(2,3)75-42(64)55-29-20-28(21-29)23-54-24-30-18-19-31(57-43(65)76-48(4,5)6)39(72-30)73-37-33(58-44(66)77-49(7,8)9)22-32(56-41(63)53(70)25-60(26-53)46(68)79-51(13,14)15)36(34(37)61)74-40-35(62)38(52(16,69)27-71-40)59(17)45(67)78-50(10,11)12/h18,28-29,31-40,54,61-62,69-70H,19-27H2,1-17H3,(H,55,64)(H,56,63)(H,57,65)(H,58,66)/t28-,29-,31-,32-,33+,34-,35-,36+,37-,38-,39-,40-,52+/m1/s1. The van der Waals surface area contributed by atoms with Gasteiger partial charge < -0.3 is 99.4 Å². The van der Waals surface area contributed by atoms with E-state index in [1.165, 1.54) is 14.0 Å². The largest absolute Gasteiger partial charge is 0.466 e. The summed E-state index contributed by atoms with van der Waals surface area (Å²) in [6, 6.07) is -5.13.